The van der Waals surface area contributed by atoms with E-state index in [-0.39, 0.29) is 30.8 Å². The van der Waals surface area contributed by atoms with Crippen molar-refractivity contribution < 1.29 is 28.7 Å². The second-order valence-corrected chi connectivity index (χ2v) is 10.7. The Hall–Kier alpha value is -4.12. The van der Waals surface area contributed by atoms with Gasteiger partial charge in [-0.2, -0.15) is 0 Å². The standard InChI is InChI=1S/C31H43N5O6/c1-20(2)28-31(40)34-16-7-11-22-13-14-25(41-3)26(18-22)42-19-27(37)33-15-8-12-23(32)29(38)35-24(30(39)36-28)17-21-9-5-4-6-10-21/h4-6,9-10,13-14,18,20,23-24,28H,7-8,11-12,15-17,19,32H2,1-3H3,(H,33,37)(H,34,40)(H,35,38)(H,36,39)/t23-,24-,28+/m0/s1. The number of carbonyl (C=O) groups excluding carboxylic acids is 4. The van der Waals surface area contributed by atoms with Crippen molar-refractivity contribution in [2.45, 2.75) is 64.1 Å². The molecule has 0 spiro atoms. The molecular weight excluding hydrogens is 538 g/mol. The summed E-state index contributed by atoms with van der Waals surface area (Å²) >= 11 is 0. The van der Waals surface area contributed by atoms with Crippen molar-refractivity contribution in [2.24, 2.45) is 11.7 Å². The molecule has 11 nitrogen and oxygen atoms in total. The first-order valence-corrected chi connectivity index (χ1v) is 14.4. The fourth-order valence-electron chi connectivity index (χ4n) is 4.61. The lowest BCUT2D eigenvalue weighted by atomic mass is 10.0. The summed E-state index contributed by atoms with van der Waals surface area (Å²) in [6, 6.07) is 12.2. The number of methoxy groups -OCH3 is 1. The lowest BCUT2D eigenvalue weighted by Crippen LogP contribution is -2.57. The first kappa shape index (κ1) is 32.4. The SMILES string of the molecule is COc1ccc2cc1OCC(=O)NCCC[C@H](N)C(=O)N[C@@H](Cc1ccccc1)C(=O)N[C@H](C(C)C)C(=O)NCCC2. The lowest BCUT2D eigenvalue weighted by molar-refractivity contribution is -0.133. The summed E-state index contributed by atoms with van der Waals surface area (Å²) in [6.07, 6.45) is 2.26. The number of ether oxygens (including phenoxy) is 2. The molecule has 0 aliphatic carbocycles. The zero-order valence-electron chi connectivity index (χ0n) is 24.6. The maximum Gasteiger partial charge on any atom is 0.257 e. The zero-order valence-corrected chi connectivity index (χ0v) is 24.6. The molecule has 3 atom stereocenters. The van der Waals surface area contributed by atoms with Crippen LogP contribution in [0.5, 0.6) is 11.5 Å². The average Bonchev–Trinajstić information content (AvgIpc) is 2.98. The molecular formula is C31H43N5O6. The average molecular weight is 582 g/mol. The molecule has 0 radical (unpaired) electrons. The predicted molar refractivity (Wildman–Crippen MR) is 159 cm³/mol. The number of amides is 4. The topological polar surface area (TPSA) is 161 Å². The third-order valence-electron chi connectivity index (χ3n) is 7.04. The zero-order chi connectivity index (χ0) is 30.5. The van der Waals surface area contributed by atoms with Gasteiger partial charge in [0, 0.05) is 19.5 Å². The number of benzene rings is 2. The van der Waals surface area contributed by atoms with Crippen LogP contribution in [0.1, 0.15) is 44.2 Å². The van der Waals surface area contributed by atoms with Crippen molar-refractivity contribution in [1.29, 1.82) is 0 Å². The van der Waals surface area contributed by atoms with Crippen LogP contribution in [-0.4, -0.2) is 68.6 Å². The normalized spacial score (nSPS) is 21.9. The van der Waals surface area contributed by atoms with E-state index in [1.54, 1.807) is 6.07 Å². The fraction of sp³-hybridized carbons (Fsp3) is 0.484. The Balaban J connectivity index is 1.78. The van der Waals surface area contributed by atoms with Gasteiger partial charge in [0.25, 0.3) is 5.91 Å². The van der Waals surface area contributed by atoms with Gasteiger partial charge in [-0.25, -0.2) is 0 Å². The van der Waals surface area contributed by atoms with Gasteiger partial charge < -0.3 is 36.5 Å². The molecule has 11 heteroatoms. The van der Waals surface area contributed by atoms with Crippen LogP contribution < -0.4 is 36.5 Å². The summed E-state index contributed by atoms with van der Waals surface area (Å²) in [5, 5.41) is 11.3. The molecule has 1 aliphatic rings. The maximum atomic E-state index is 13.4. The number of carbonyl (C=O) groups is 4. The van der Waals surface area contributed by atoms with Gasteiger partial charge in [-0.1, -0.05) is 50.2 Å². The molecule has 1 aliphatic heterocycles. The van der Waals surface area contributed by atoms with E-state index in [4.69, 9.17) is 15.2 Å². The van der Waals surface area contributed by atoms with Crippen molar-refractivity contribution in [3.8, 4) is 11.5 Å². The molecule has 42 heavy (non-hydrogen) atoms. The van der Waals surface area contributed by atoms with Gasteiger partial charge in [-0.15, -0.1) is 0 Å². The van der Waals surface area contributed by atoms with E-state index in [1.807, 2.05) is 56.3 Å². The van der Waals surface area contributed by atoms with E-state index < -0.39 is 29.9 Å². The number of hydrogen-bond acceptors (Lipinski definition) is 7. The number of aryl methyl sites for hydroxylation is 1. The second kappa shape index (κ2) is 16.4. The van der Waals surface area contributed by atoms with Crippen LogP contribution in [0.2, 0.25) is 0 Å². The first-order valence-electron chi connectivity index (χ1n) is 14.4. The van der Waals surface area contributed by atoms with Gasteiger partial charge in [0.1, 0.15) is 12.1 Å². The van der Waals surface area contributed by atoms with Crippen LogP contribution in [0.3, 0.4) is 0 Å². The van der Waals surface area contributed by atoms with Crippen molar-refractivity contribution in [3.63, 3.8) is 0 Å². The second-order valence-electron chi connectivity index (χ2n) is 10.7. The summed E-state index contributed by atoms with van der Waals surface area (Å²) in [4.78, 5) is 51.9. The van der Waals surface area contributed by atoms with Crippen molar-refractivity contribution in [2.75, 3.05) is 26.8 Å². The number of nitrogens with one attached hydrogen (secondary N) is 4. The molecule has 0 fully saturated rings. The van der Waals surface area contributed by atoms with E-state index >= 15 is 0 Å². The number of hydrogen-bond donors (Lipinski definition) is 5. The van der Waals surface area contributed by atoms with Crippen LogP contribution in [0, 0.1) is 5.92 Å². The van der Waals surface area contributed by atoms with E-state index in [0.717, 1.165) is 11.1 Å². The minimum Gasteiger partial charge on any atom is -0.493 e. The molecule has 0 unspecified atom stereocenters. The van der Waals surface area contributed by atoms with Crippen LogP contribution >= 0.6 is 0 Å². The Morgan fingerprint density at radius 1 is 0.929 bits per heavy atom. The minimum absolute atomic E-state index is 0.189. The lowest BCUT2D eigenvalue weighted by Gasteiger charge is -2.26. The van der Waals surface area contributed by atoms with Crippen LogP contribution in [-0.2, 0) is 32.0 Å². The molecule has 2 aromatic carbocycles. The summed E-state index contributed by atoms with van der Waals surface area (Å²) < 4.78 is 11.1. The molecule has 4 amide bonds. The van der Waals surface area contributed by atoms with Crippen molar-refractivity contribution in [1.82, 2.24) is 21.3 Å². The van der Waals surface area contributed by atoms with Crippen LogP contribution in [0.4, 0.5) is 0 Å². The maximum absolute atomic E-state index is 13.4. The highest BCUT2D eigenvalue weighted by Gasteiger charge is 2.30. The van der Waals surface area contributed by atoms with Gasteiger partial charge in [0.15, 0.2) is 18.1 Å². The summed E-state index contributed by atoms with van der Waals surface area (Å²) in [6.45, 7) is 4.20. The van der Waals surface area contributed by atoms with E-state index in [9.17, 15) is 19.2 Å². The fourth-order valence-corrected chi connectivity index (χ4v) is 4.61. The van der Waals surface area contributed by atoms with Gasteiger partial charge in [0.05, 0.1) is 13.2 Å². The smallest absolute Gasteiger partial charge is 0.257 e. The molecule has 6 N–H and O–H groups in total. The molecule has 0 saturated heterocycles. The number of nitrogens with two attached hydrogens (primary N) is 1. The highest BCUT2D eigenvalue weighted by molar-refractivity contribution is 5.93. The third-order valence-corrected chi connectivity index (χ3v) is 7.04. The van der Waals surface area contributed by atoms with Crippen LogP contribution in [0.25, 0.3) is 0 Å². The number of fused-ring (bicyclic) bond motifs is 2. The minimum atomic E-state index is -0.932. The van der Waals surface area contributed by atoms with Crippen molar-refractivity contribution >= 4 is 23.6 Å². The van der Waals surface area contributed by atoms with E-state index in [1.165, 1.54) is 7.11 Å². The predicted octanol–water partition coefficient (Wildman–Crippen LogP) is 1.23. The van der Waals surface area contributed by atoms with Crippen molar-refractivity contribution in [3.05, 3.63) is 59.7 Å². The first-order chi connectivity index (χ1) is 20.2. The molecule has 3 rings (SSSR count). The van der Waals surface area contributed by atoms with E-state index in [0.29, 0.717) is 50.3 Å². The summed E-state index contributed by atoms with van der Waals surface area (Å²) in [5.41, 5.74) is 7.96. The summed E-state index contributed by atoms with van der Waals surface area (Å²) in [7, 11) is 1.53. The quantitative estimate of drug-likeness (QED) is 0.363. The Labute approximate surface area is 247 Å². The molecule has 1 heterocycles. The molecule has 0 aromatic heterocycles. The molecule has 2 aromatic rings. The monoisotopic (exact) mass is 581 g/mol. The highest BCUT2D eigenvalue weighted by atomic mass is 16.5. The molecule has 0 saturated carbocycles. The van der Waals surface area contributed by atoms with Crippen LogP contribution in [0.15, 0.2) is 48.5 Å². The van der Waals surface area contributed by atoms with Gasteiger partial charge in [-0.05, 0) is 54.9 Å². The summed E-state index contributed by atoms with van der Waals surface area (Å²) in [5.74, 6) is -0.799. The van der Waals surface area contributed by atoms with Gasteiger partial charge in [-0.3, -0.25) is 19.2 Å². The molecule has 228 valence electrons. The Morgan fingerprint density at radius 2 is 1.67 bits per heavy atom. The Bertz CT molecular complexity index is 1210. The third kappa shape index (κ3) is 10.1. The molecule has 2 bridgehead atoms. The van der Waals surface area contributed by atoms with E-state index in [2.05, 4.69) is 21.3 Å². The number of rotatable bonds is 4. The van der Waals surface area contributed by atoms with Gasteiger partial charge in [0.2, 0.25) is 17.7 Å². The van der Waals surface area contributed by atoms with Gasteiger partial charge >= 0.3 is 0 Å². The Kier molecular flexibility index (Phi) is 12.6. The highest BCUT2D eigenvalue weighted by Crippen LogP contribution is 2.28. The Morgan fingerprint density at radius 3 is 2.38 bits per heavy atom. The largest absolute Gasteiger partial charge is 0.493 e.